The van der Waals surface area contributed by atoms with Gasteiger partial charge >= 0.3 is 5.69 Å². The second kappa shape index (κ2) is 9.81. The first kappa shape index (κ1) is 24.3. The first-order valence-corrected chi connectivity index (χ1v) is 11.7. The van der Waals surface area contributed by atoms with Crippen LogP contribution in [0.2, 0.25) is 0 Å². The van der Waals surface area contributed by atoms with Gasteiger partial charge < -0.3 is 10.2 Å². The molecular weight excluding hydrogens is 453 g/mol. The number of amides is 2. The van der Waals surface area contributed by atoms with E-state index in [-0.39, 0.29) is 28.9 Å². The Morgan fingerprint density at radius 2 is 1.77 bits per heavy atom. The number of benzene rings is 1. The lowest BCUT2D eigenvalue weighted by atomic mass is 10.1. The Balaban J connectivity index is 1.86. The minimum absolute atomic E-state index is 0.0151. The van der Waals surface area contributed by atoms with Gasteiger partial charge in [0.15, 0.2) is 0 Å². The van der Waals surface area contributed by atoms with Gasteiger partial charge in [0, 0.05) is 31.5 Å². The van der Waals surface area contributed by atoms with Crippen LogP contribution in [0, 0.1) is 12.7 Å². The molecule has 10 heteroatoms. The van der Waals surface area contributed by atoms with Crippen molar-refractivity contribution in [2.75, 3.05) is 18.4 Å². The third-order valence-electron chi connectivity index (χ3n) is 6.36. The van der Waals surface area contributed by atoms with Gasteiger partial charge in [0.05, 0.1) is 10.9 Å². The van der Waals surface area contributed by atoms with Crippen molar-refractivity contribution in [3.63, 3.8) is 0 Å². The third kappa shape index (κ3) is 4.60. The number of rotatable bonds is 5. The zero-order chi connectivity index (χ0) is 25.3. The number of pyridine rings is 1. The summed E-state index contributed by atoms with van der Waals surface area (Å²) in [5, 5.41) is 2.65. The molecule has 1 aliphatic rings. The molecule has 2 amide bonds. The predicted molar refractivity (Wildman–Crippen MR) is 130 cm³/mol. The Labute approximate surface area is 201 Å². The number of nitrogens with zero attached hydrogens (tertiary/aromatic N) is 4. The number of aryl methyl sites for hydroxylation is 2. The van der Waals surface area contributed by atoms with Crippen LogP contribution in [0.5, 0.6) is 0 Å². The summed E-state index contributed by atoms with van der Waals surface area (Å²) in [5.41, 5.74) is -0.331. The molecule has 3 aromatic rings. The minimum atomic E-state index is -1.14. The average molecular weight is 482 g/mol. The Morgan fingerprint density at radius 3 is 2.40 bits per heavy atom. The van der Waals surface area contributed by atoms with Crippen molar-refractivity contribution in [3.8, 4) is 0 Å². The maximum atomic E-state index is 13.7. The molecule has 9 nitrogen and oxygen atoms in total. The summed E-state index contributed by atoms with van der Waals surface area (Å²) in [6.45, 7) is 4.57. The number of halogens is 1. The number of piperidine rings is 1. The van der Waals surface area contributed by atoms with Crippen molar-refractivity contribution in [3.05, 3.63) is 68.2 Å². The molecule has 35 heavy (non-hydrogen) atoms. The van der Waals surface area contributed by atoms with E-state index >= 15 is 0 Å². The lowest BCUT2D eigenvalue weighted by Crippen LogP contribution is -2.46. The van der Waals surface area contributed by atoms with Crippen LogP contribution in [-0.4, -0.2) is 43.9 Å². The fourth-order valence-electron chi connectivity index (χ4n) is 4.52. The molecule has 0 aliphatic carbocycles. The lowest BCUT2D eigenvalue weighted by molar-refractivity contribution is -0.119. The van der Waals surface area contributed by atoms with Gasteiger partial charge in [-0.05, 0) is 62.9 Å². The molecule has 1 aliphatic heterocycles. The van der Waals surface area contributed by atoms with E-state index in [4.69, 9.17) is 0 Å². The summed E-state index contributed by atoms with van der Waals surface area (Å²) >= 11 is 0. The van der Waals surface area contributed by atoms with E-state index in [0.717, 1.165) is 23.8 Å². The van der Waals surface area contributed by atoms with Crippen LogP contribution < -0.4 is 16.6 Å². The van der Waals surface area contributed by atoms with Crippen molar-refractivity contribution in [1.29, 1.82) is 0 Å². The Kier molecular flexibility index (Phi) is 6.81. The van der Waals surface area contributed by atoms with E-state index in [2.05, 4.69) is 10.3 Å². The molecule has 2 aromatic heterocycles. The molecule has 1 fully saturated rings. The van der Waals surface area contributed by atoms with E-state index < -0.39 is 29.0 Å². The largest absolute Gasteiger partial charge is 0.339 e. The van der Waals surface area contributed by atoms with E-state index in [9.17, 15) is 23.6 Å². The number of hydrogen-bond donors (Lipinski definition) is 1. The second-order valence-electron chi connectivity index (χ2n) is 8.80. The highest BCUT2D eigenvalue weighted by atomic mass is 19.1. The molecule has 1 aromatic carbocycles. The van der Waals surface area contributed by atoms with Gasteiger partial charge in [-0.3, -0.25) is 19.0 Å². The SMILES string of the molecule is CC[C@H](C(=O)Nc1ccc(F)cc1)n1c(=O)c2c(C(=O)N3CCCCC3)cc(C)nc2n(C)c1=O. The van der Waals surface area contributed by atoms with Gasteiger partial charge in [-0.1, -0.05) is 6.92 Å². The molecule has 184 valence electrons. The van der Waals surface area contributed by atoms with Gasteiger partial charge in [-0.25, -0.2) is 18.7 Å². The Bertz CT molecular complexity index is 1400. The van der Waals surface area contributed by atoms with Crippen LogP contribution >= 0.6 is 0 Å². The molecule has 0 saturated carbocycles. The topological polar surface area (TPSA) is 106 Å². The third-order valence-corrected chi connectivity index (χ3v) is 6.36. The zero-order valence-corrected chi connectivity index (χ0v) is 20.0. The van der Waals surface area contributed by atoms with Crippen molar-refractivity contribution >= 4 is 28.5 Å². The second-order valence-corrected chi connectivity index (χ2v) is 8.80. The van der Waals surface area contributed by atoms with E-state index in [1.165, 1.54) is 35.9 Å². The van der Waals surface area contributed by atoms with Crippen molar-refractivity contribution in [2.45, 2.75) is 45.6 Å². The van der Waals surface area contributed by atoms with E-state index in [1.807, 2.05) is 0 Å². The summed E-state index contributed by atoms with van der Waals surface area (Å²) < 4.78 is 15.3. The number of hydrogen-bond acceptors (Lipinski definition) is 5. The monoisotopic (exact) mass is 481 g/mol. The maximum Gasteiger partial charge on any atom is 0.333 e. The summed E-state index contributed by atoms with van der Waals surface area (Å²) in [5.74, 6) is -1.34. The molecule has 1 saturated heterocycles. The molecule has 1 N–H and O–H groups in total. The highest BCUT2D eigenvalue weighted by molar-refractivity contribution is 6.05. The molecule has 0 spiro atoms. The minimum Gasteiger partial charge on any atom is -0.339 e. The molecule has 3 heterocycles. The number of carbonyl (C=O) groups is 2. The van der Waals surface area contributed by atoms with Crippen LogP contribution in [0.4, 0.5) is 10.1 Å². The van der Waals surface area contributed by atoms with Gasteiger partial charge in [0.25, 0.3) is 11.5 Å². The Morgan fingerprint density at radius 1 is 1.11 bits per heavy atom. The Hall–Kier alpha value is -3.82. The summed E-state index contributed by atoms with van der Waals surface area (Å²) in [6, 6.07) is 5.60. The molecular formula is C25H28FN5O4. The normalized spacial score (nSPS) is 14.7. The first-order chi connectivity index (χ1) is 16.7. The van der Waals surface area contributed by atoms with Crippen molar-refractivity contribution in [2.24, 2.45) is 7.05 Å². The van der Waals surface area contributed by atoms with E-state index in [0.29, 0.717) is 24.5 Å². The molecule has 0 bridgehead atoms. The molecule has 1 atom stereocenters. The van der Waals surface area contributed by atoms with Crippen LogP contribution in [0.25, 0.3) is 11.0 Å². The van der Waals surface area contributed by atoms with Gasteiger partial charge in [-0.2, -0.15) is 0 Å². The number of anilines is 1. The highest BCUT2D eigenvalue weighted by Gasteiger charge is 2.29. The smallest absolute Gasteiger partial charge is 0.333 e. The highest BCUT2D eigenvalue weighted by Crippen LogP contribution is 2.20. The van der Waals surface area contributed by atoms with Gasteiger partial charge in [0.2, 0.25) is 5.91 Å². The first-order valence-electron chi connectivity index (χ1n) is 11.7. The fraction of sp³-hybridized carbons (Fsp3) is 0.400. The standard InChI is InChI=1S/C25H28FN5O4/c1-4-19(22(32)28-17-10-8-16(26)9-11-17)31-24(34)20-18(23(33)30-12-6-5-7-13-30)14-15(2)27-21(20)29(3)25(31)35/h8-11,14,19H,4-7,12-13H2,1-3H3,(H,28,32)/t19-/m1/s1. The average Bonchev–Trinajstić information content (AvgIpc) is 2.86. The molecule has 0 radical (unpaired) electrons. The van der Waals surface area contributed by atoms with Crippen molar-refractivity contribution in [1.82, 2.24) is 19.0 Å². The number of aromatic nitrogens is 3. The van der Waals surface area contributed by atoms with E-state index in [1.54, 1.807) is 24.8 Å². The molecule has 0 unspecified atom stereocenters. The zero-order valence-electron chi connectivity index (χ0n) is 20.0. The fourth-order valence-corrected chi connectivity index (χ4v) is 4.52. The number of fused-ring (bicyclic) bond motifs is 1. The maximum absolute atomic E-state index is 13.7. The van der Waals surface area contributed by atoms with Crippen LogP contribution in [0.1, 0.15) is 54.7 Å². The summed E-state index contributed by atoms with van der Waals surface area (Å²) in [6.07, 6.45) is 2.96. The summed E-state index contributed by atoms with van der Waals surface area (Å²) in [4.78, 5) is 59.6. The van der Waals surface area contributed by atoms with Crippen LogP contribution in [0.3, 0.4) is 0 Å². The number of likely N-dealkylation sites (tertiary alicyclic amines) is 1. The molecule has 4 rings (SSSR count). The van der Waals surface area contributed by atoms with Gasteiger partial charge in [-0.15, -0.1) is 0 Å². The lowest BCUT2D eigenvalue weighted by Gasteiger charge is -2.27. The van der Waals surface area contributed by atoms with Crippen LogP contribution in [0.15, 0.2) is 39.9 Å². The number of nitrogens with one attached hydrogen (secondary N) is 1. The van der Waals surface area contributed by atoms with Crippen molar-refractivity contribution < 1.29 is 14.0 Å². The van der Waals surface area contributed by atoms with Gasteiger partial charge in [0.1, 0.15) is 17.5 Å². The predicted octanol–water partition coefficient (Wildman–Crippen LogP) is 2.76. The summed E-state index contributed by atoms with van der Waals surface area (Å²) in [7, 11) is 1.47. The quantitative estimate of drug-likeness (QED) is 0.603. The van der Waals surface area contributed by atoms with Crippen LogP contribution in [-0.2, 0) is 11.8 Å². The number of carbonyl (C=O) groups excluding carboxylic acids is 2.